The molecule has 0 saturated carbocycles. The van der Waals surface area contributed by atoms with Gasteiger partial charge in [0, 0.05) is 18.1 Å². The Hall–Kier alpha value is -3.92. The number of nitrogens with one attached hydrogen (secondary N) is 1. The van der Waals surface area contributed by atoms with Gasteiger partial charge in [0.15, 0.2) is 0 Å². The molecule has 1 unspecified atom stereocenters. The fourth-order valence-electron chi connectivity index (χ4n) is 4.59. The van der Waals surface area contributed by atoms with Crippen molar-refractivity contribution in [3.05, 3.63) is 71.8 Å². The molecular formula is C29H34N2O7S. The second-order valence-electron chi connectivity index (χ2n) is 9.95. The number of aryl methyl sites for hydroxylation is 1. The summed E-state index contributed by atoms with van der Waals surface area (Å²) in [6.07, 6.45) is 0.478. The summed E-state index contributed by atoms with van der Waals surface area (Å²) in [4.78, 5) is 13.6. The van der Waals surface area contributed by atoms with Crippen molar-refractivity contribution in [3.63, 3.8) is 0 Å². The van der Waals surface area contributed by atoms with E-state index in [-0.39, 0.29) is 16.3 Å². The van der Waals surface area contributed by atoms with E-state index in [1.807, 2.05) is 32.9 Å². The highest BCUT2D eigenvalue weighted by molar-refractivity contribution is 7.92. The minimum Gasteiger partial charge on any atom is -0.497 e. The monoisotopic (exact) mass is 554 g/mol. The Morgan fingerprint density at radius 2 is 1.62 bits per heavy atom. The molecule has 208 valence electrons. The van der Waals surface area contributed by atoms with Crippen molar-refractivity contribution in [2.24, 2.45) is 0 Å². The van der Waals surface area contributed by atoms with Gasteiger partial charge < -0.3 is 24.3 Å². The molecule has 0 radical (unpaired) electrons. The summed E-state index contributed by atoms with van der Waals surface area (Å²) >= 11 is 0. The number of fused-ring (bicyclic) bond motifs is 1. The first-order valence-corrected chi connectivity index (χ1v) is 13.9. The van der Waals surface area contributed by atoms with E-state index in [0.717, 1.165) is 15.4 Å². The molecule has 1 amide bonds. The molecule has 1 aliphatic rings. The Kier molecular flexibility index (Phi) is 7.96. The lowest BCUT2D eigenvalue weighted by atomic mass is 9.89. The Balaban J connectivity index is 1.73. The van der Waals surface area contributed by atoms with Crippen LogP contribution >= 0.6 is 0 Å². The van der Waals surface area contributed by atoms with Gasteiger partial charge in [0.05, 0.1) is 38.0 Å². The Bertz CT molecular complexity index is 1450. The van der Waals surface area contributed by atoms with Gasteiger partial charge in [-0.15, -0.1) is 0 Å². The van der Waals surface area contributed by atoms with Crippen LogP contribution in [0.4, 0.5) is 5.69 Å². The van der Waals surface area contributed by atoms with E-state index in [4.69, 9.17) is 18.9 Å². The smallest absolute Gasteiger partial charge is 0.264 e. The molecule has 0 spiro atoms. The molecule has 1 atom stereocenters. The summed E-state index contributed by atoms with van der Waals surface area (Å²) < 4.78 is 51.2. The summed E-state index contributed by atoms with van der Waals surface area (Å²) in [5, 5.41) is 3.03. The lowest BCUT2D eigenvalue weighted by molar-refractivity contribution is -0.120. The first kappa shape index (κ1) is 28.1. The topological polar surface area (TPSA) is 103 Å². The zero-order valence-corrected chi connectivity index (χ0v) is 23.8. The number of sulfonamides is 1. The molecule has 0 bridgehead atoms. The predicted octanol–water partition coefficient (Wildman–Crippen LogP) is 4.63. The first-order valence-electron chi connectivity index (χ1n) is 12.4. The summed E-state index contributed by atoms with van der Waals surface area (Å²) in [6, 6.07) is 16.3. The van der Waals surface area contributed by atoms with E-state index in [0.29, 0.717) is 23.7 Å². The van der Waals surface area contributed by atoms with Crippen LogP contribution in [-0.4, -0.2) is 47.8 Å². The number of methoxy groups -OCH3 is 3. The number of hydrogen-bond acceptors (Lipinski definition) is 7. The third kappa shape index (κ3) is 6.06. The number of carbonyl (C=O) groups excluding carboxylic acids is 1. The predicted molar refractivity (Wildman–Crippen MR) is 148 cm³/mol. The van der Waals surface area contributed by atoms with Crippen molar-refractivity contribution in [1.29, 1.82) is 0 Å². The number of nitrogens with zero attached hydrogens (tertiary/aromatic N) is 1. The number of ether oxygens (including phenoxy) is 4. The molecule has 10 heteroatoms. The van der Waals surface area contributed by atoms with Crippen LogP contribution in [0.25, 0.3) is 0 Å². The summed E-state index contributed by atoms with van der Waals surface area (Å²) in [7, 11) is 0.324. The van der Waals surface area contributed by atoms with Crippen molar-refractivity contribution in [2.45, 2.75) is 43.7 Å². The van der Waals surface area contributed by atoms with Crippen LogP contribution in [0.1, 0.15) is 37.4 Å². The standard InChI is InChI=1S/C29H34N2O7S/c1-19-7-11-22(12-8-19)39(33,34)31(25-16-21(36-5)10-14-27(25)37-6)18-28(32)30-24-17-29(2,3)38-26-13-9-20(35-4)15-23(24)26/h7-16,24H,17-18H2,1-6H3,(H,30,32). The van der Waals surface area contributed by atoms with E-state index in [1.165, 1.54) is 32.4 Å². The Morgan fingerprint density at radius 1 is 0.974 bits per heavy atom. The van der Waals surface area contributed by atoms with Crippen LogP contribution in [-0.2, 0) is 14.8 Å². The largest absolute Gasteiger partial charge is 0.497 e. The lowest BCUT2D eigenvalue weighted by Crippen LogP contribution is -2.45. The maximum atomic E-state index is 13.9. The second-order valence-corrected chi connectivity index (χ2v) is 11.8. The minimum absolute atomic E-state index is 0.0491. The minimum atomic E-state index is -4.17. The van der Waals surface area contributed by atoms with Crippen molar-refractivity contribution in [1.82, 2.24) is 5.32 Å². The molecule has 1 N–H and O–H groups in total. The molecule has 0 aromatic heterocycles. The zero-order chi connectivity index (χ0) is 28.4. The van der Waals surface area contributed by atoms with E-state index in [9.17, 15) is 13.2 Å². The first-order chi connectivity index (χ1) is 18.5. The maximum Gasteiger partial charge on any atom is 0.264 e. The molecular weight excluding hydrogens is 520 g/mol. The summed E-state index contributed by atoms with van der Waals surface area (Å²) in [5.41, 5.74) is 1.30. The molecule has 9 nitrogen and oxygen atoms in total. The number of benzene rings is 3. The van der Waals surface area contributed by atoms with E-state index in [1.54, 1.807) is 37.4 Å². The SMILES string of the molecule is COc1ccc2c(c1)C(NC(=O)CN(c1cc(OC)ccc1OC)S(=O)(=O)c1ccc(C)cc1)CC(C)(C)O2. The third-order valence-electron chi connectivity index (χ3n) is 6.56. The van der Waals surface area contributed by atoms with Crippen LogP contribution in [0.2, 0.25) is 0 Å². The Morgan fingerprint density at radius 3 is 2.26 bits per heavy atom. The normalized spacial score (nSPS) is 15.9. The van der Waals surface area contributed by atoms with Gasteiger partial charge in [-0.2, -0.15) is 0 Å². The average molecular weight is 555 g/mol. The van der Waals surface area contributed by atoms with Crippen molar-refractivity contribution >= 4 is 21.6 Å². The van der Waals surface area contributed by atoms with Gasteiger partial charge in [-0.1, -0.05) is 17.7 Å². The van der Waals surface area contributed by atoms with Crippen LogP contribution in [0, 0.1) is 6.92 Å². The number of hydrogen-bond donors (Lipinski definition) is 1. The molecule has 0 aliphatic carbocycles. The highest BCUT2D eigenvalue weighted by atomic mass is 32.2. The van der Waals surface area contributed by atoms with Gasteiger partial charge in [0.1, 0.15) is 35.1 Å². The molecule has 1 heterocycles. The second kappa shape index (κ2) is 11.1. The van der Waals surface area contributed by atoms with E-state index in [2.05, 4.69) is 5.32 Å². The highest BCUT2D eigenvalue weighted by Crippen LogP contribution is 2.41. The molecule has 4 rings (SSSR count). The molecule has 3 aromatic carbocycles. The molecule has 39 heavy (non-hydrogen) atoms. The van der Waals surface area contributed by atoms with Gasteiger partial charge in [-0.3, -0.25) is 9.10 Å². The summed E-state index contributed by atoms with van der Waals surface area (Å²) in [6.45, 7) is 5.26. The van der Waals surface area contributed by atoms with Crippen LogP contribution < -0.4 is 28.6 Å². The van der Waals surface area contributed by atoms with Crippen LogP contribution in [0.15, 0.2) is 65.6 Å². The molecule has 0 saturated heterocycles. The number of rotatable bonds is 9. The van der Waals surface area contributed by atoms with Gasteiger partial charge >= 0.3 is 0 Å². The lowest BCUT2D eigenvalue weighted by Gasteiger charge is -2.38. The van der Waals surface area contributed by atoms with Gasteiger partial charge in [-0.25, -0.2) is 8.42 Å². The van der Waals surface area contributed by atoms with Crippen molar-refractivity contribution in [3.8, 4) is 23.0 Å². The van der Waals surface area contributed by atoms with Crippen LogP contribution in [0.5, 0.6) is 23.0 Å². The van der Waals surface area contributed by atoms with E-state index < -0.39 is 34.1 Å². The maximum absolute atomic E-state index is 13.9. The van der Waals surface area contributed by atoms with Gasteiger partial charge in [-0.05, 0) is 63.2 Å². The number of anilines is 1. The highest BCUT2D eigenvalue weighted by Gasteiger charge is 2.36. The zero-order valence-electron chi connectivity index (χ0n) is 23.0. The Labute approximate surface area is 229 Å². The fourth-order valence-corrected chi connectivity index (χ4v) is 6.01. The van der Waals surface area contributed by atoms with E-state index >= 15 is 0 Å². The number of carbonyl (C=O) groups is 1. The van der Waals surface area contributed by atoms with Crippen LogP contribution in [0.3, 0.4) is 0 Å². The van der Waals surface area contributed by atoms with Crippen molar-refractivity contribution in [2.75, 3.05) is 32.2 Å². The molecule has 0 fully saturated rings. The van der Waals surface area contributed by atoms with Gasteiger partial charge in [0.2, 0.25) is 5.91 Å². The quantitative estimate of drug-likeness (QED) is 0.411. The third-order valence-corrected chi connectivity index (χ3v) is 8.33. The van der Waals surface area contributed by atoms with Crippen molar-refractivity contribution < 1.29 is 32.2 Å². The summed E-state index contributed by atoms with van der Waals surface area (Å²) in [5.74, 6) is 1.47. The molecule has 1 aliphatic heterocycles. The van der Waals surface area contributed by atoms with Gasteiger partial charge in [0.25, 0.3) is 10.0 Å². The molecule has 3 aromatic rings. The average Bonchev–Trinajstić information content (AvgIpc) is 2.90. The fraction of sp³-hybridized carbons (Fsp3) is 0.345. The number of amides is 1.